The van der Waals surface area contributed by atoms with Crippen molar-refractivity contribution in [1.29, 1.82) is 10.7 Å². The Hall–Kier alpha value is -3.13. The smallest absolute Gasteiger partial charge is 0.140 e. The van der Waals surface area contributed by atoms with E-state index in [-0.39, 0.29) is 17.5 Å². The molecule has 3 aliphatic rings. The molecule has 0 saturated heterocycles. The summed E-state index contributed by atoms with van der Waals surface area (Å²) in [5, 5.41) is 20.7. The van der Waals surface area contributed by atoms with Crippen LogP contribution in [0.3, 0.4) is 0 Å². The lowest BCUT2D eigenvalue weighted by Gasteiger charge is -2.42. The highest BCUT2D eigenvalue weighted by Crippen LogP contribution is 2.62. The highest BCUT2D eigenvalue weighted by atomic mass is 19.1. The number of hydrogen-bond acceptors (Lipinski definition) is 4. The number of nitrogens with two attached hydrogens (primary N) is 1. The normalized spacial score (nSPS) is 29.6. The number of anilines is 2. The van der Waals surface area contributed by atoms with Crippen molar-refractivity contribution in [3.05, 3.63) is 70.6 Å². The number of nitriles is 1. The van der Waals surface area contributed by atoms with E-state index in [1.54, 1.807) is 12.1 Å². The predicted octanol–water partition coefficient (Wildman–Crippen LogP) is 4.35. The second kappa shape index (κ2) is 5.68. The van der Waals surface area contributed by atoms with Crippen LogP contribution in [0.2, 0.25) is 0 Å². The quantitative estimate of drug-likeness (QED) is 0.424. The first-order valence-electron chi connectivity index (χ1n) is 9.19. The van der Waals surface area contributed by atoms with Gasteiger partial charge in [0.05, 0.1) is 11.6 Å². The van der Waals surface area contributed by atoms with Gasteiger partial charge >= 0.3 is 0 Å². The summed E-state index contributed by atoms with van der Waals surface area (Å²) in [7, 11) is 0. The van der Waals surface area contributed by atoms with Gasteiger partial charge in [0.15, 0.2) is 0 Å². The highest BCUT2D eigenvalue weighted by Gasteiger charge is 2.52. The van der Waals surface area contributed by atoms with Gasteiger partial charge in [-0.05, 0) is 65.5 Å². The zero-order valence-electron chi connectivity index (χ0n) is 14.6. The molecular weight excluding hydrogens is 339 g/mol. The van der Waals surface area contributed by atoms with E-state index in [4.69, 9.17) is 11.1 Å². The van der Waals surface area contributed by atoms with Crippen molar-refractivity contribution in [1.82, 2.24) is 0 Å². The summed E-state index contributed by atoms with van der Waals surface area (Å²) >= 11 is 0. The molecule has 1 saturated carbocycles. The molecule has 4 nitrogen and oxygen atoms in total. The minimum Gasteiger partial charge on any atom is -0.398 e. The SMILES string of the molecule is N#Cc1cc([C@@H]2Nc3ccc(N)c(C=N)c3[C@@H]3[C@H]2[C@H]2C=C[C@@H]3C2)ccc1F. The molecule has 2 aromatic rings. The van der Waals surface area contributed by atoms with Crippen LogP contribution < -0.4 is 11.1 Å². The van der Waals surface area contributed by atoms with E-state index in [1.165, 1.54) is 12.3 Å². The number of hydrogen-bond donors (Lipinski definition) is 3. The van der Waals surface area contributed by atoms with Gasteiger partial charge in [0.25, 0.3) is 0 Å². The van der Waals surface area contributed by atoms with Crippen LogP contribution in [0.5, 0.6) is 0 Å². The number of nitrogens with zero attached hydrogens (tertiary/aromatic N) is 1. The third kappa shape index (κ3) is 2.16. The van der Waals surface area contributed by atoms with Crippen LogP contribution in [0.4, 0.5) is 15.8 Å². The lowest BCUT2D eigenvalue weighted by Crippen LogP contribution is -2.35. The zero-order valence-corrected chi connectivity index (χ0v) is 14.6. The molecule has 0 amide bonds. The van der Waals surface area contributed by atoms with Crippen molar-refractivity contribution < 1.29 is 4.39 Å². The Labute approximate surface area is 157 Å². The largest absolute Gasteiger partial charge is 0.398 e. The van der Waals surface area contributed by atoms with Crippen molar-refractivity contribution in [2.75, 3.05) is 11.1 Å². The maximum absolute atomic E-state index is 13.8. The number of rotatable bonds is 2. The molecule has 1 fully saturated rings. The van der Waals surface area contributed by atoms with Gasteiger partial charge < -0.3 is 16.5 Å². The van der Waals surface area contributed by atoms with E-state index in [0.717, 1.165) is 28.8 Å². The Balaban J connectivity index is 1.69. The van der Waals surface area contributed by atoms with Crippen LogP contribution >= 0.6 is 0 Å². The Morgan fingerprint density at radius 3 is 2.81 bits per heavy atom. The fourth-order valence-corrected chi connectivity index (χ4v) is 5.41. The summed E-state index contributed by atoms with van der Waals surface area (Å²) in [5.74, 6) is 0.948. The fraction of sp³-hybridized carbons (Fsp3) is 0.273. The molecule has 134 valence electrons. The van der Waals surface area contributed by atoms with Gasteiger partial charge in [0.1, 0.15) is 11.9 Å². The van der Waals surface area contributed by atoms with Crippen LogP contribution in [-0.2, 0) is 0 Å². The minimum atomic E-state index is -0.485. The fourth-order valence-electron chi connectivity index (χ4n) is 5.41. The van der Waals surface area contributed by atoms with E-state index < -0.39 is 5.82 Å². The second-order valence-electron chi connectivity index (χ2n) is 7.70. The topological polar surface area (TPSA) is 85.7 Å². The number of nitrogen functional groups attached to an aromatic ring is 1. The zero-order chi connectivity index (χ0) is 18.7. The van der Waals surface area contributed by atoms with Gasteiger partial charge in [-0.3, -0.25) is 0 Å². The Morgan fingerprint density at radius 1 is 1.22 bits per heavy atom. The van der Waals surface area contributed by atoms with E-state index in [9.17, 15) is 9.65 Å². The van der Waals surface area contributed by atoms with Gasteiger partial charge in [-0.2, -0.15) is 5.26 Å². The van der Waals surface area contributed by atoms with Crippen LogP contribution in [0, 0.1) is 40.3 Å². The maximum Gasteiger partial charge on any atom is 0.140 e. The Kier molecular flexibility index (Phi) is 3.38. The average Bonchev–Trinajstić information content (AvgIpc) is 3.30. The first-order valence-corrected chi connectivity index (χ1v) is 9.19. The van der Waals surface area contributed by atoms with Gasteiger partial charge in [0, 0.05) is 23.2 Å². The van der Waals surface area contributed by atoms with Crippen molar-refractivity contribution in [3.63, 3.8) is 0 Å². The summed E-state index contributed by atoms with van der Waals surface area (Å²) in [4.78, 5) is 0. The molecule has 0 radical (unpaired) electrons. The van der Waals surface area contributed by atoms with Gasteiger partial charge in [-0.1, -0.05) is 18.2 Å². The molecule has 2 bridgehead atoms. The molecule has 5 rings (SSSR count). The molecular formula is C22H19FN4. The molecule has 1 aliphatic heterocycles. The molecule has 1 heterocycles. The number of nitrogens with one attached hydrogen (secondary N) is 2. The summed E-state index contributed by atoms with van der Waals surface area (Å²) in [5.41, 5.74) is 10.7. The molecule has 0 aromatic heterocycles. The number of fused-ring (bicyclic) bond motifs is 7. The molecule has 5 atom stereocenters. The van der Waals surface area contributed by atoms with Crippen molar-refractivity contribution in [2.24, 2.45) is 17.8 Å². The first-order chi connectivity index (χ1) is 13.1. The van der Waals surface area contributed by atoms with Gasteiger partial charge in [-0.25, -0.2) is 4.39 Å². The number of benzene rings is 2. The summed E-state index contributed by atoms with van der Waals surface area (Å²) < 4.78 is 13.8. The summed E-state index contributed by atoms with van der Waals surface area (Å²) in [6, 6.07) is 10.6. The van der Waals surface area contributed by atoms with E-state index >= 15 is 0 Å². The van der Waals surface area contributed by atoms with Crippen LogP contribution in [0.1, 0.15) is 40.6 Å². The monoisotopic (exact) mass is 358 g/mol. The van der Waals surface area contributed by atoms with Crippen LogP contribution in [0.15, 0.2) is 42.5 Å². The molecule has 0 spiro atoms. The highest BCUT2D eigenvalue weighted by molar-refractivity contribution is 5.91. The lowest BCUT2D eigenvalue weighted by atomic mass is 9.69. The number of halogens is 1. The third-order valence-electron chi connectivity index (χ3n) is 6.48. The van der Waals surface area contributed by atoms with Crippen LogP contribution in [-0.4, -0.2) is 6.21 Å². The van der Waals surface area contributed by atoms with Gasteiger partial charge in [-0.15, -0.1) is 0 Å². The van der Waals surface area contributed by atoms with E-state index in [1.807, 2.05) is 18.2 Å². The van der Waals surface area contributed by atoms with E-state index in [0.29, 0.717) is 23.4 Å². The molecule has 5 heteroatoms. The van der Waals surface area contributed by atoms with Crippen LogP contribution in [0.25, 0.3) is 0 Å². The van der Waals surface area contributed by atoms with Gasteiger partial charge in [0.2, 0.25) is 0 Å². The van der Waals surface area contributed by atoms with Crippen molar-refractivity contribution in [2.45, 2.75) is 18.4 Å². The van der Waals surface area contributed by atoms with Crippen molar-refractivity contribution >= 4 is 17.6 Å². The summed E-state index contributed by atoms with van der Waals surface area (Å²) in [6.45, 7) is 0. The standard InChI is InChI=1S/C22H19FN4/c23-16-4-3-13(8-14(16)9-24)22-20-12-2-1-11(7-12)19(20)21-15(10-25)17(26)5-6-18(21)27-22/h1-6,8,10-12,19-20,22,25,27H,7,26H2/t11-,12+,19+,20-,22+/m1/s1. The molecule has 0 unspecified atom stereocenters. The minimum absolute atomic E-state index is 0.00245. The second-order valence-corrected chi connectivity index (χ2v) is 7.70. The first kappa shape index (κ1) is 16.1. The average molecular weight is 358 g/mol. The molecule has 27 heavy (non-hydrogen) atoms. The molecule has 2 aliphatic carbocycles. The Bertz CT molecular complexity index is 1040. The Morgan fingerprint density at radius 2 is 2.04 bits per heavy atom. The molecule has 4 N–H and O–H groups in total. The maximum atomic E-state index is 13.8. The van der Waals surface area contributed by atoms with E-state index in [2.05, 4.69) is 17.5 Å². The number of allylic oxidation sites excluding steroid dienone is 2. The predicted molar refractivity (Wildman–Crippen MR) is 103 cm³/mol. The lowest BCUT2D eigenvalue weighted by molar-refractivity contribution is 0.332. The summed E-state index contributed by atoms with van der Waals surface area (Å²) in [6.07, 6.45) is 7.02. The third-order valence-corrected chi connectivity index (χ3v) is 6.48. The van der Waals surface area contributed by atoms with Crippen molar-refractivity contribution in [3.8, 4) is 6.07 Å². The molecule has 2 aromatic carbocycles.